The Labute approximate surface area is 57.5 Å². The van der Waals surface area contributed by atoms with Gasteiger partial charge in [-0.25, -0.2) is 4.79 Å². The molecule has 2 heterocycles. The summed E-state index contributed by atoms with van der Waals surface area (Å²) in [7, 11) is 0. The van der Waals surface area contributed by atoms with Gasteiger partial charge in [-0.05, 0) is 6.42 Å². The summed E-state index contributed by atoms with van der Waals surface area (Å²) in [6.45, 7) is 0.359. The highest BCUT2D eigenvalue weighted by Gasteiger charge is 2.53. The highest BCUT2D eigenvalue weighted by atomic mass is 16.6. The van der Waals surface area contributed by atoms with Crippen molar-refractivity contribution in [3.05, 3.63) is 0 Å². The lowest BCUT2D eigenvalue weighted by Crippen LogP contribution is -2.61. The van der Waals surface area contributed by atoms with E-state index in [1.807, 2.05) is 0 Å². The summed E-state index contributed by atoms with van der Waals surface area (Å²) in [5.74, 6) is -0.324. The number of hydrogen-bond donors (Lipinski definition) is 1. The zero-order chi connectivity index (χ0) is 7.19. The van der Waals surface area contributed by atoms with Crippen LogP contribution in [0.2, 0.25) is 0 Å². The van der Waals surface area contributed by atoms with Crippen molar-refractivity contribution < 1.29 is 14.3 Å². The molecule has 4 heteroatoms. The van der Waals surface area contributed by atoms with Gasteiger partial charge >= 0.3 is 5.97 Å². The summed E-state index contributed by atoms with van der Waals surface area (Å²) in [4.78, 5) is 21.4. The Morgan fingerprint density at radius 2 is 2.30 bits per heavy atom. The molecule has 1 N–H and O–H groups in total. The van der Waals surface area contributed by atoms with Crippen LogP contribution in [0.5, 0.6) is 0 Å². The first-order chi connectivity index (χ1) is 4.73. The lowest BCUT2D eigenvalue weighted by Gasteiger charge is -2.34. The molecule has 2 fully saturated rings. The molecule has 2 aliphatic rings. The summed E-state index contributed by atoms with van der Waals surface area (Å²) in [6.07, 6.45) is 1.06. The molecular formula is C6H7NO3. The van der Waals surface area contributed by atoms with E-state index in [-0.39, 0.29) is 11.9 Å². The molecule has 2 rings (SSSR count). The lowest BCUT2D eigenvalue weighted by molar-refractivity contribution is -0.174. The van der Waals surface area contributed by atoms with E-state index in [0.29, 0.717) is 19.4 Å². The second-order valence-corrected chi connectivity index (χ2v) is 2.71. The minimum Gasteiger partial charge on any atom is -0.461 e. The third-order valence-corrected chi connectivity index (χ3v) is 2.00. The van der Waals surface area contributed by atoms with Gasteiger partial charge in [0.15, 0.2) is 5.54 Å². The molecule has 0 radical (unpaired) electrons. The molecule has 0 aromatic rings. The van der Waals surface area contributed by atoms with E-state index in [9.17, 15) is 9.59 Å². The number of nitrogens with one attached hydrogen (secondary N) is 1. The van der Waals surface area contributed by atoms with Crippen molar-refractivity contribution in [1.82, 2.24) is 5.32 Å². The van der Waals surface area contributed by atoms with Crippen molar-refractivity contribution in [3.8, 4) is 0 Å². The van der Waals surface area contributed by atoms with Crippen LogP contribution in [-0.2, 0) is 14.3 Å². The number of amides is 1. The van der Waals surface area contributed by atoms with Crippen LogP contribution in [0.1, 0.15) is 12.8 Å². The molecule has 0 bridgehead atoms. The fourth-order valence-electron chi connectivity index (χ4n) is 1.29. The van der Waals surface area contributed by atoms with E-state index >= 15 is 0 Å². The van der Waals surface area contributed by atoms with Crippen LogP contribution in [0.3, 0.4) is 0 Å². The number of ether oxygens (including phenoxy) is 1. The molecule has 0 aromatic heterocycles. The van der Waals surface area contributed by atoms with Crippen molar-refractivity contribution in [2.75, 3.05) is 6.61 Å². The number of cyclic esters (lactones) is 1. The molecule has 10 heavy (non-hydrogen) atoms. The van der Waals surface area contributed by atoms with Gasteiger partial charge in [-0.3, -0.25) is 4.79 Å². The Balaban J connectivity index is 2.18. The molecule has 1 amide bonds. The van der Waals surface area contributed by atoms with Crippen molar-refractivity contribution in [2.45, 2.75) is 18.4 Å². The largest absolute Gasteiger partial charge is 0.461 e. The Morgan fingerprint density at radius 3 is 2.50 bits per heavy atom. The highest BCUT2D eigenvalue weighted by Crippen LogP contribution is 2.28. The third-order valence-electron chi connectivity index (χ3n) is 2.00. The van der Waals surface area contributed by atoms with E-state index in [1.165, 1.54) is 0 Å². The summed E-state index contributed by atoms with van der Waals surface area (Å²) >= 11 is 0. The molecule has 54 valence electrons. The Hall–Kier alpha value is -1.06. The van der Waals surface area contributed by atoms with Crippen LogP contribution < -0.4 is 5.32 Å². The van der Waals surface area contributed by atoms with Crippen molar-refractivity contribution >= 4 is 11.9 Å². The summed E-state index contributed by atoms with van der Waals surface area (Å²) in [6, 6.07) is 0. The maximum Gasteiger partial charge on any atom is 0.335 e. The van der Waals surface area contributed by atoms with Crippen LogP contribution in [-0.4, -0.2) is 24.0 Å². The van der Waals surface area contributed by atoms with E-state index in [2.05, 4.69) is 10.1 Å². The van der Waals surface area contributed by atoms with Crippen molar-refractivity contribution in [1.29, 1.82) is 0 Å². The Morgan fingerprint density at radius 1 is 1.50 bits per heavy atom. The average Bonchev–Trinajstić information content (AvgIpc) is 2.31. The number of hydrogen-bond acceptors (Lipinski definition) is 3. The van der Waals surface area contributed by atoms with Gasteiger partial charge in [0.1, 0.15) is 6.61 Å². The van der Waals surface area contributed by atoms with E-state index in [1.54, 1.807) is 0 Å². The minimum absolute atomic E-state index is 0.0448. The van der Waals surface area contributed by atoms with Gasteiger partial charge in [0.05, 0.1) is 0 Å². The second kappa shape index (κ2) is 1.51. The van der Waals surface area contributed by atoms with Gasteiger partial charge < -0.3 is 10.1 Å². The van der Waals surface area contributed by atoms with Crippen LogP contribution >= 0.6 is 0 Å². The lowest BCUT2D eigenvalue weighted by atomic mass is 9.95. The van der Waals surface area contributed by atoms with Gasteiger partial charge in [0, 0.05) is 6.42 Å². The predicted molar refractivity (Wildman–Crippen MR) is 31.1 cm³/mol. The molecule has 0 unspecified atom stereocenters. The second-order valence-electron chi connectivity index (χ2n) is 2.71. The first-order valence-corrected chi connectivity index (χ1v) is 3.21. The molecule has 1 atom stereocenters. The normalized spacial score (nSPS) is 37.2. The third kappa shape index (κ3) is 0.509. The van der Waals surface area contributed by atoms with Gasteiger partial charge in [-0.15, -0.1) is 0 Å². The van der Waals surface area contributed by atoms with E-state index < -0.39 is 5.54 Å². The number of rotatable bonds is 0. The van der Waals surface area contributed by atoms with Gasteiger partial charge in [0.2, 0.25) is 5.91 Å². The molecule has 2 saturated heterocycles. The standard InChI is InChI=1S/C6H7NO3/c8-4-1-2-6(7-4)3-10-5(6)9/h1-3H2,(H,7,8)/t6-/m0/s1. The average molecular weight is 141 g/mol. The first-order valence-electron chi connectivity index (χ1n) is 3.21. The van der Waals surface area contributed by atoms with Crippen LogP contribution in [0.25, 0.3) is 0 Å². The summed E-state index contributed by atoms with van der Waals surface area (Å²) < 4.78 is 4.56. The maximum atomic E-state index is 10.8. The fourth-order valence-corrected chi connectivity index (χ4v) is 1.29. The molecule has 4 nitrogen and oxygen atoms in total. The van der Waals surface area contributed by atoms with Crippen LogP contribution in [0.4, 0.5) is 0 Å². The summed E-state index contributed by atoms with van der Waals surface area (Å²) in [5, 5.41) is 2.60. The van der Waals surface area contributed by atoms with Crippen molar-refractivity contribution in [2.24, 2.45) is 0 Å². The van der Waals surface area contributed by atoms with Gasteiger partial charge in [-0.1, -0.05) is 0 Å². The molecule has 1 spiro atoms. The first kappa shape index (κ1) is 5.70. The predicted octanol–water partition coefficient (Wildman–Crippen LogP) is -0.808. The smallest absolute Gasteiger partial charge is 0.335 e. The summed E-state index contributed by atoms with van der Waals surface area (Å²) in [5.41, 5.74) is -0.614. The SMILES string of the molecule is O=C1CC[C@@]2(COC2=O)N1. The Kier molecular flexibility index (Phi) is 0.859. The van der Waals surface area contributed by atoms with E-state index in [4.69, 9.17) is 0 Å². The topological polar surface area (TPSA) is 55.4 Å². The number of esters is 1. The van der Waals surface area contributed by atoms with Crippen LogP contribution in [0.15, 0.2) is 0 Å². The molecular weight excluding hydrogens is 134 g/mol. The number of carbonyl (C=O) groups excluding carboxylic acids is 2. The fraction of sp³-hybridized carbons (Fsp3) is 0.667. The molecule has 2 aliphatic heterocycles. The van der Waals surface area contributed by atoms with Crippen molar-refractivity contribution in [3.63, 3.8) is 0 Å². The zero-order valence-corrected chi connectivity index (χ0v) is 5.35. The number of carbonyl (C=O) groups is 2. The van der Waals surface area contributed by atoms with Gasteiger partial charge in [0.25, 0.3) is 0 Å². The van der Waals surface area contributed by atoms with Gasteiger partial charge in [-0.2, -0.15) is 0 Å². The molecule has 0 saturated carbocycles. The zero-order valence-electron chi connectivity index (χ0n) is 5.35. The molecule has 0 aromatic carbocycles. The monoisotopic (exact) mass is 141 g/mol. The van der Waals surface area contributed by atoms with E-state index in [0.717, 1.165) is 0 Å². The quantitative estimate of drug-likeness (QED) is 0.449. The molecule has 0 aliphatic carbocycles. The minimum atomic E-state index is -0.614. The van der Waals surface area contributed by atoms with Crippen LogP contribution in [0, 0.1) is 0 Å². The Bertz CT molecular complexity index is 213. The maximum absolute atomic E-state index is 10.8. The highest BCUT2D eigenvalue weighted by molar-refractivity contribution is 5.95.